The number of nitrogens with one attached hydrogen (secondary N) is 1. The van der Waals surface area contributed by atoms with Crippen molar-refractivity contribution in [2.75, 3.05) is 11.9 Å². The van der Waals surface area contributed by atoms with E-state index in [0.717, 1.165) is 29.6 Å². The van der Waals surface area contributed by atoms with Crippen LogP contribution in [0, 0.1) is 13.8 Å². The number of piperidine rings is 1. The number of benzene rings is 1. The van der Waals surface area contributed by atoms with Gasteiger partial charge in [0.05, 0.1) is 26.7 Å². The van der Waals surface area contributed by atoms with Gasteiger partial charge in [-0.25, -0.2) is 4.98 Å². The highest BCUT2D eigenvalue weighted by atomic mass is 35.5. The van der Waals surface area contributed by atoms with Crippen molar-refractivity contribution >= 4 is 51.7 Å². The summed E-state index contributed by atoms with van der Waals surface area (Å²) < 4.78 is 1.68. The molecule has 7 nitrogen and oxygen atoms in total. The molecule has 0 bridgehead atoms. The van der Waals surface area contributed by atoms with E-state index in [2.05, 4.69) is 15.4 Å². The van der Waals surface area contributed by atoms with Crippen LogP contribution < -0.4 is 5.32 Å². The third-order valence-corrected chi connectivity index (χ3v) is 6.32. The molecule has 4 rings (SSSR count). The molecular formula is C22H23Cl2N5O2. The van der Waals surface area contributed by atoms with Crippen molar-refractivity contribution in [3.63, 3.8) is 0 Å². The summed E-state index contributed by atoms with van der Waals surface area (Å²) in [4.78, 5) is 32.9. The lowest BCUT2D eigenvalue weighted by Gasteiger charge is -2.35. The summed E-state index contributed by atoms with van der Waals surface area (Å²) in [6.07, 6.45) is 2.32. The predicted molar refractivity (Wildman–Crippen MR) is 122 cm³/mol. The van der Waals surface area contributed by atoms with Gasteiger partial charge in [0.2, 0.25) is 5.91 Å². The molecule has 9 heteroatoms. The molecule has 0 aliphatic carbocycles. The van der Waals surface area contributed by atoms with Gasteiger partial charge in [-0.2, -0.15) is 5.10 Å². The summed E-state index contributed by atoms with van der Waals surface area (Å²) in [5.74, 6) is -0.419. The second kappa shape index (κ2) is 8.48. The minimum atomic E-state index is -0.573. The van der Waals surface area contributed by atoms with Gasteiger partial charge in [-0.3, -0.25) is 14.3 Å². The van der Waals surface area contributed by atoms with Crippen molar-refractivity contribution in [3.8, 4) is 0 Å². The number of hydrogen-bond donors (Lipinski definition) is 1. The molecule has 162 valence electrons. The Morgan fingerprint density at radius 3 is 2.65 bits per heavy atom. The fourth-order valence-electron chi connectivity index (χ4n) is 4.14. The molecule has 31 heavy (non-hydrogen) atoms. The highest BCUT2D eigenvalue weighted by molar-refractivity contribution is 6.42. The molecule has 1 unspecified atom stereocenters. The van der Waals surface area contributed by atoms with Crippen molar-refractivity contribution in [2.24, 2.45) is 7.05 Å². The van der Waals surface area contributed by atoms with Crippen LogP contribution in [0.4, 0.5) is 5.69 Å². The third kappa shape index (κ3) is 4.12. The van der Waals surface area contributed by atoms with E-state index in [1.165, 1.54) is 0 Å². The molecular weight excluding hydrogens is 437 g/mol. The fourth-order valence-corrected chi connectivity index (χ4v) is 4.44. The zero-order valence-electron chi connectivity index (χ0n) is 17.6. The third-order valence-electron chi connectivity index (χ3n) is 5.58. The molecule has 0 spiro atoms. The highest BCUT2D eigenvalue weighted by Gasteiger charge is 2.34. The minimum Gasteiger partial charge on any atom is -0.327 e. The van der Waals surface area contributed by atoms with Gasteiger partial charge in [0.1, 0.15) is 6.04 Å². The summed E-state index contributed by atoms with van der Waals surface area (Å²) >= 11 is 12.0. The Balaban J connectivity index is 1.66. The zero-order chi connectivity index (χ0) is 22.3. The van der Waals surface area contributed by atoms with Crippen LogP contribution in [0.15, 0.2) is 24.3 Å². The molecule has 1 N–H and O–H groups in total. The van der Waals surface area contributed by atoms with Gasteiger partial charge < -0.3 is 10.2 Å². The van der Waals surface area contributed by atoms with Crippen molar-refractivity contribution < 1.29 is 9.59 Å². The molecule has 1 saturated heterocycles. The quantitative estimate of drug-likeness (QED) is 0.623. The van der Waals surface area contributed by atoms with Crippen molar-refractivity contribution in [3.05, 3.63) is 51.3 Å². The van der Waals surface area contributed by atoms with E-state index in [1.54, 1.807) is 33.8 Å². The number of rotatable bonds is 3. The van der Waals surface area contributed by atoms with Gasteiger partial charge in [-0.05, 0) is 57.4 Å². The van der Waals surface area contributed by atoms with Gasteiger partial charge in [0, 0.05) is 25.0 Å². The molecule has 1 atom stereocenters. The number of nitrogens with zero attached hydrogens (tertiary/aromatic N) is 4. The van der Waals surface area contributed by atoms with E-state index >= 15 is 0 Å². The standard InChI is InChI=1S/C22H23Cl2N5O2/c1-12-10-15(19-13(2)27-28(3)20(19)25-12)22(31)29-9-5-4-6-18(29)21(30)26-14-7-8-16(23)17(24)11-14/h7-8,10-11,18H,4-6,9H2,1-3H3,(H,26,30). The highest BCUT2D eigenvalue weighted by Crippen LogP contribution is 2.28. The van der Waals surface area contributed by atoms with Crippen molar-refractivity contribution in [2.45, 2.75) is 39.2 Å². The first kappa shape index (κ1) is 21.6. The average Bonchev–Trinajstić information content (AvgIpc) is 3.03. The lowest BCUT2D eigenvalue weighted by molar-refractivity contribution is -0.121. The van der Waals surface area contributed by atoms with Crippen LogP contribution in [-0.4, -0.2) is 44.1 Å². The summed E-state index contributed by atoms with van der Waals surface area (Å²) in [6.45, 7) is 4.23. The Morgan fingerprint density at radius 1 is 1.13 bits per heavy atom. The number of likely N-dealkylation sites (tertiary alicyclic amines) is 1. The number of aromatic nitrogens is 3. The first-order chi connectivity index (χ1) is 14.8. The second-order valence-corrected chi connectivity index (χ2v) is 8.66. The molecule has 0 radical (unpaired) electrons. The monoisotopic (exact) mass is 459 g/mol. The number of aryl methyl sites for hydroxylation is 3. The number of hydrogen-bond acceptors (Lipinski definition) is 4. The van der Waals surface area contributed by atoms with Crippen LogP contribution in [0.2, 0.25) is 10.0 Å². The number of anilines is 1. The summed E-state index contributed by atoms with van der Waals surface area (Å²) in [7, 11) is 1.81. The van der Waals surface area contributed by atoms with Crippen LogP contribution in [0.5, 0.6) is 0 Å². The molecule has 1 fully saturated rings. The van der Waals surface area contributed by atoms with Crippen molar-refractivity contribution in [1.29, 1.82) is 0 Å². The van der Waals surface area contributed by atoms with E-state index in [1.807, 2.05) is 20.9 Å². The lowest BCUT2D eigenvalue weighted by atomic mass is 9.99. The summed E-state index contributed by atoms with van der Waals surface area (Å²) in [5.41, 5.74) is 3.20. The first-order valence-electron chi connectivity index (χ1n) is 10.1. The summed E-state index contributed by atoms with van der Waals surface area (Å²) in [6, 6.07) is 6.13. The van der Waals surface area contributed by atoms with Gasteiger partial charge in [-0.1, -0.05) is 23.2 Å². The van der Waals surface area contributed by atoms with E-state index in [9.17, 15) is 9.59 Å². The first-order valence-corrected chi connectivity index (χ1v) is 10.9. The fraction of sp³-hybridized carbons (Fsp3) is 0.364. The second-order valence-electron chi connectivity index (χ2n) is 7.85. The maximum absolute atomic E-state index is 13.6. The van der Waals surface area contributed by atoms with E-state index in [4.69, 9.17) is 23.2 Å². The maximum Gasteiger partial charge on any atom is 0.255 e. The van der Waals surface area contributed by atoms with Gasteiger partial charge in [-0.15, -0.1) is 0 Å². The topological polar surface area (TPSA) is 80.1 Å². The number of fused-ring (bicyclic) bond motifs is 1. The molecule has 3 heterocycles. The Labute approximate surface area is 190 Å². The molecule has 1 aliphatic heterocycles. The smallest absolute Gasteiger partial charge is 0.255 e. The molecule has 2 aromatic heterocycles. The van der Waals surface area contributed by atoms with E-state index in [0.29, 0.717) is 39.9 Å². The number of halogens is 2. The van der Waals surface area contributed by atoms with Crippen LogP contribution >= 0.6 is 23.2 Å². The van der Waals surface area contributed by atoms with Crippen LogP contribution in [0.3, 0.4) is 0 Å². The Morgan fingerprint density at radius 2 is 1.90 bits per heavy atom. The largest absolute Gasteiger partial charge is 0.327 e. The summed E-state index contributed by atoms with van der Waals surface area (Å²) in [5, 5.41) is 8.80. The zero-order valence-corrected chi connectivity index (χ0v) is 19.1. The minimum absolute atomic E-state index is 0.180. The average molecular weight is 460 g/mol. The maximum atomic E-state index is 13.6. The van der Waals surface area contributed by atoms with E-state index in [-0.39, 0.29) is 11.8 Å². The number of carbonyl (C=O) groups excluding carboxylic acids is 2. The van der Waals surface area contributed by atoms with E-state index < -0.39 is 6.04 Å². The SMILES string of the molecule is Cc1cc(C(=O)N2CCCCC2C(=O)Nc2ccc(Cl)c(Cl)c2)c2c(C)nn(C)c2n1. The lowest BCUT2D eigenvalue weighted by Crippen LogP contribution is -2.50. The Bertz CT molecular complexity index is 1190. The van der Waals surface area contributed by atoms with Gasteiger partial charge in [0.15, 0.2) is 5.65 Å². The van der Waals surface area contributed by atoms with Crippen molar-refractivity contribution in [1.82, 2.24) is 19.7 Å². The molecule has 2 amide bonds. The normalized spacial score (nSPS) is 16.5. The molecule has 3 aromatic rings. The van der Waals surface area contributed by atoms with Gasteiger partial charge in [0.25, 0.3) is 5.91 Å². The van der Waals surface area contributed by atoms with Crippen LogP contribution in [-0.2, 0) is 11.8 Å². The number of carbonyl (C=O) groups is 2. The predicted octanol–water partition coefficient (Wildman–Crippen LogP) is 4.53. The molecule has 1 aromatic carbocycles. The number of amides is 2. The molecule has 1 aliphatic rings. The van der Waals surface area contributed by atoms with Crippen LogP contribution in [0.25, 0.3) is 11.0 Å². The van der Waals surface area contributed by atoms with Crippen LogP contribution in [0.1, 0.15) is 41.0 Å². The Kier molecular flexibility index (Phi) is 5.90. The molecule has 0 saturated carbocycles. The van der Waals surface area contributed by atoms with Gasteiger partial charge >= 0.3 is 0 Å². The number of pyridine rings is 1. The Hall–Kier alpha value is -2.64.